The SMILES string of the molecule is CC(C)(C#N)C(N)c1ccc2ccccc2c1. The van der Waals surface area contributed by atoms with Gasteiger partial charge in [0.15, 0.2) is 0 Å². The van der Waals surface area contributed by atoms with E-state index in [-0.39, 0.29) is 6.04 Å². The fraction of sp³-hybridized carbons (Fsp3) is 0.267. The van der Waals surface area contributed by atoms with Crippen molar-refractivity contribution in [3.63, 3.8) is 0 Å². The monoisotopic (exact) mass is 224 g/mol. The van der Waals surface area contributed by atoms with Crippen LogP contribution in [0.5, 0.6) is 0 Å². The lowest BCUT2D eigenvalue weighted by Gasteiger charge is -2.24. The van der Waals surface area contributed by atoms with Crippen molar-refractivity contribution in [3.05, 3.63) is 48.0 Å². The maximum atomic E-state index is 9.11. The standard InChI is InChI=1S/C15H16N2/c1-15(2,10-16)14(17)13-8-7-11-5-3-4-6-12(11)9-13/h3-9,14H,17H2,1-2H3. The Morgan fingerprint density at radius 1 is 1.12 bits per heavy atom. The molecule has 0 aromatic heterocycles. The number of rotatable bonds is 2. The van der Waals surface area contributed by atoms with Crippen LogP contribution in [0.3, 0.4) is 0 Å². The number of nitriles is 1. The second kappa shape index (κ2) is 4.20. The first kappa shape index (κ1) is 11.6. The zero-order valence-electron chi connectivity index (χ0n) is 10.1. The second-order valence-corrected chi connectivity index (χ2v) is 4.92. The van der Waals surface area contributed by atoms with Gasteiger partial charge in [0.05, 0.1) is 11.5 Å². The molecule has 2 aromatic rings. The van der Waals surface area contributed by atoms with Gasteiger partial charge in [-0.1, -0.05) is 36.4 Å². The normalized spacial score (nSPS) is 13.3. The van der Waals surface area contributed by atoms with Crippen LogP contribution in [0, 0.1) is 16.7 Å². The summed E-state index contributed by atoms with van der Waals surface area (Å²) in [6.45, 7) is 3.74. The first-order valence-corrected chi connectivity index (χ1v) is 5.70. The summed E-state index contributed by atoms with van der Waals surface area (Å²) in [7, 11) is 0. The van der Waals surface area contributed by atoms with Crippen molar-refractivity contribution in [2.75, 3.05) is 0 Å². The van der Waals surface area contributed by atoms with Crippen LogP contribution in [-0.2, 0) is 0 Å². The van der Waals surface area contributed by atoms with Crippen molar-refractivity contribution >= 4 is 10.8 Å². The minimum absolute atomic E-state index is 0.267. The molecule has 0 fully saturated rings. The van der Waals surface area contributed by atoms with Gasteiger partial charge in [0.25, 0.3) is 0 Å². The summed E-state index contributed by atoms with van der Waals surface area (Å²) >= 11 is 0. The molecule has 0 radical (unpaired) electrons. The number of hydrogen-bond acceptors (Lipinski definition) is 2. The van der Waals surface area contributed by atoms with E-state index in [1.807, 2.05) is 32.0 Å². The van der Waals surface area contributed by atoms with Crippen molar-refractivity contribution in [3.8, 4) is 6.07 Å². The van der Waals surface area contributed by atoms with Crippen molar-refractivity contribution < 1.29 is 0 Å². The lowest BCUT2D eigenvalue weighted by Crippen LogP contribution is -2.27. The van der Waals surface area contributed by atoms with E-state index in [0.29, 0.717) is 0 Å². The number of fused-ring (bicyclic) bond motifs is 1. The van der Waals surface area contributed by atoms with E-state index in [1.165, 1.54) is 5.39 Å². The molecule has 0 aliphatic rings. The molecule has 2 heteroatoms. The Hall–Kier alpha value is -1.85. The van der Waals surface area contributed by atoms with Gasteiger partial charge in [-0.05, 0) is 36.2 Å². The fourth-order valence-electron chi connectivity index (χ4n) is 1.89. The van der Waals surface area contributed by atoms with Gasteiger partial charge in [-0.2, -0.15) is 5.26 Å². The lowest BCUT2D eigenvalue weighted by molar-refractivity contribution is 0.394. The van der Waals surface area contributed by atoms with E-state index >= 15 is 0 Å². The number of nitrogens with zero attached hydrogens (tertiary/aromatic N) is 1. The van der Waals surface area contributed by atoms with Crippen LogP contribution >= 0.6 is 0 Å². The number of nitrogens with two attached hydrogens (primary N) is 1. The van der Waals surface area contributed by atoms with Gasteiger partial charge >= 0.3 is 0 Å². The zero-order chi connectivity index (χ0) is 12.5. The van der Waals surface area contributed by atoms with Gasteiger partial charge in [0, 0.05) is 6.04 Å². The van der Waals surface area contributed by atoms with Gasteiger partial charge in [0.1, 0.15) is 0 Å². The predicted octanol–water partition coefficient (Wildman–Crippen LogP) is 3.39. The largest absolute Gasteiger partial charge is 0.323 e. The molecule has 1 unspecified atom stereocenters. The minimum Gasteiger partial charge on any atom is -0.323 e. The molecular weight excluding hydrogens is 208 g/mol. The van der Waals surface area contributed by atoms with Gasteiger partial charge in [-0.15, -0.1) is 0 Å². The van der Waals surface area contributed by atoms with Crippen molar-refractivity contribution in [2.24, 2.45) is 11.1 Å². The molecule has 1 atom stereocenters. The third kappa shape index (κ3) is 2.15. The highest BCUT2D eigenvalue weighted by molar-refractivity contribution is 5.83. The van der Waals surface area contributed by atoms with Crippen LogP contribution in [0.15, 0.2) is 42.5 Å². The van der Waals surface area contributed by atoms with Gasteiger partial charge < -0.3 is 5.73 Å². The van der Waals surface area contributed by atoms with E-state index in [1.54, 1.807) is 0 Å². The molecule has 17 heavy (non-hydrogen) atoms. The molecule has 0 aliphatic carbocycles. The first-order valence-electron chi connectivity index (χ1n) is 5.70. The van der Waals surface area contributed by atoms with Crippen molar-refractivity contribution in [1.29, 1.82) is 5.26 Å². The van der Waals surface area contributed by atoms with Crippen LogP contribution in [0.4, 0.5) is 0 Å². The Labute approximate surface area is 102 Å². The molecule has 0 spiro atoms. The Bertz CT molecular complexity index is 579. The molecule has 0 saturated carbocycles. The molecule has 0 saturated heterocycles. The third-order valence-electron chi connectivity index (χ3n) is 3.20. The maximum Gasteiger partial charge on any atom is 0.0710 e. The molecular formula is C15H16N2. The van der Waals surface area contributed by atoms with Gasteiger partial charge in [-0.25, -0.2) is 0 Å². The van der Waals surface area contributed by atoms with Crippen LogP contribution < -0.4 is 5.73 Å². The van der Waals surface area contributed by atoms with E-state index in [0.717, 1.165) is 10.9 Å². The van der Waals surface area contributed by atoms with E-state index in [9.17, 15) is 0 Å². The smallest absolute Gasteiger partial charge is 0.0710 e. The summed E-state index contributed by atoms with van der Waals surface area (Å²) in [6, 6.07) is 16.3. The summed E-state index contributed by atoms with van der Waals surface area (Å²) in [5.74, 6) is 0. The molecule has 2 rings (SSSR count). The summed E-state index contributed by atoms with van der Waals surface area (Å²) in [4.78, 5) is 0. The quantitative estimate of drug-likeness (QED) is 0.850. The maximum absolute atomic E-state index is 9.11. The van der Waals surface area contributed by atoms with E-state index in [2.05, 4.69) is 30.3 Å². The molecule has 2 aromatic carbocycles. The van der Waals surface area contributed by atoms with Crippen LogP contribution in [0.2, 0.25) is 0 Å². The molecule has 2 N–H and O–H groups in total. The van der Waals surface area contributed by atoms with E-state index < -0.39 is 5.41 Å². The van der Waals surface area contributed by atoms with Crippen LogP contribution in [-0.4, -0.2) is 0 Å². The molecule has 0 bridgehead atoms. The highest BCUT2D eigenvalue weighted by Gasteiger charge is 2.27. The van der Waals surface area contributed by atoms with E-state index in [4.69, 9.17) is 11.0 Å². The van der Waals surface area contributed by atoms with Gasteiger partial charge in [0.2, 0.25) is 0 Å². The molecule has 86 valence electrons. The predicted molar refractivity (Wildman–Crippen MR) is 70.3 cm³/mol. The fourth-order valence-corrected chi connectivity index (χ4v) is 1.89. The summed E-state index contributed by atoms with van der Waals surface area (Å²) in [5, 5.41) is 11.5. The highest BCUT2D eigenvalue weighted by atomic mass is 14.7. The average molecular weight is 224 g/mol. The number of benzene rings is 2. The Balaban J connectivity index is 2.47. The molecule has 0 amide bonds. The van der Waals surface area contributed by atoms with Crippen LogP contribution in [0.25, 0.3) is 10.8 Å². The topological polar surface area (TPSA) is 49.8 Å². The average Bonchev–Trinajstić information content (AvgIpc) is 2.37. The Kier molecular flexibility index (Phi) is 2.87. The van der Waals surface area contributed by atoms with Crippen molar-refractivity contribution in [1.82, 2.24) is 0 Å². The molecule has 0 aliphatic heterocycles. The van der Waals surface area contributed by atoms with Crippen LogP contribution in [0.1, 0.15) is 25.5 Å². The Morgan fingerprint density at radius 3 is 2.41 bits per heavy atom. The minimum atomic E-state index is -0.553. The first-order chi connectivity index (χ1) is 8.04. The number of hydrogen-bond donors (Lipinski definition) is 1. The molecule has 2 nitrogen and oxygen atoms in total. The summed E-state index contributed by atoms with van der Waals surface area (Å²) in [6.07, 6.45) is 0. The summed E-state index contributed by atoms with van der Waals surface area (Å²) in [5.41, 5.74) is 6.61. The highest BCUT2D eigenvalue weighted by Crippen LogP contribution is 2.31. The molecule has 0 heterocycles. The Morgan fingerprint density at radius 2 is 1.76 bits per heavy atom. The lowest BCUT2D eigenvalue weighted by atomic mass is 9.82. The third-order valence-corrected chi connectivity index (χ3v) is 3.20. The van der Waals surface area contributed by atoms with Crippen molar-refractivity contribution in [2.45, 2.75) is 19.9 Å². The van der Waals surface area contributed by atoms with Gasteiger partial charge in [-0.3, -0.25) is 0 Å². The zero-order valence-corrected chi connectivity index (χ0v) is 10.1. The second-order valence-electron chi connectivity index (χ2n) is 4.92. The summed E-state index contributed by atoms with van der Waals surface area (Å²) < 4.78 is 0.